The molecule has 0 unspecified atom stereocenters. The first kappa shape index (κ1) is 9.05. The van der Waals surface area contributed by atoms with Crippen LogP contribution < -0.4 is 0 Å². The van der Waals surface area contributed by atoms with E-state index in [0.717, 1.165) is 6.42 Å². The van der Waals surface area contributed by atoms with Gasteiger partial charge in [-0.3, -0.25) is 0 Å². The van der Waals surface area contributed by atoms with Crippen LogP contribution in [0.2, 0.25) is 0 Å². The van der Waals surface area contributed by atoms with Crippen molar-refractivity contribution in [3.63, 3.8) is 0 Å². The van der Waals surface area contributed by atoms with Crippen LogP contribution >= 0.6 is 0 Å². The third-order valence-corrected chi connectivity index (χ3v) is 2.12. The van der Waals surface area contributed by atoms with Gasteiger partial charge in [0.15, 0.2) is 0 Å². The summed E-state index contributed by atoms with van der Waals surface area (Å²) in [5.41, 5.74) is 4.12. The molecule has 1 aromatic rings. The summed E-state index contributed by atoms with van der Waals surface area (Å²) in [6.07, 6.45) is 3.30. The van der Waals surface area contributed by atoms with E-state index in [2.05, 4.69) is 51.1 Å². The lowest BCUT2D eigenvalue weighted by atomic mass is 10.0. The Kier molecular flexibility index (Phi) is 3.09. The molecule has 0 N–H and O–H groups in total. The zero-order valence-corrected chi connectivity index (χ0v) is 8.09. The number of benzene rings is 1. The number of rotatable bonds is 2. The second kappa shape index (κ2) is 4.10. The minimum Gasteiger partial charge on any atom is -0.0839 e. The summed E-state index contributed by atoms with van der Waals surface area (Å²) < 4.78 is 0. The molecule has 0 atom stereocenters. The molecule has 0 aliphatic carbocycles. The summed E-state index contributed by atoms with van der Waals surface area (Å²) in [6.45, 7) is 6.42. The highest BCUT2D eigenvalue weighted by molar-refractivity contribution is 5.65. The van der Waals surface area contributed by atoms with Crippen LogP contribution in [0, 0.1) is 6.92 Å². The summed E-state index contributed by atoms with van der Waals surface area (Å²) in [5, 5.41) is 0. The van der Waals surface area contributed by atoms with Crippen molar-refractivity contribution in [2.24, 2.45) is 0 Å². The van der Waals surface area contributed by atoms with E-state index in [1.165, 1.54) is 16.7 Å². The predicted octanol–water partition coefficient (Wildman–Crippen LogP) is 3.81. The maximum Gasteiger partial charge on any atom is -0.0225 e. The molecule has 0 aliphatic heterocycles. The SMILES string of the molecule is CC=C(CC)c1cccc(C)c1. The second-order valence-corrected chi connectivity index (χ2v) is 3.04. The van der Waals surface area contributed by atoms with E-state index in [9.17, 15) is 0 Å². The minimum absolute atomic E-state index is 1.11. The summed E-state index contributed by atoms with van der Waals surface area (Å²) in [4.78, 5) is 0. The highest BCUT2D eigenvalue weighted by atomic mass is 14.0. The molecule has 0 saturated carbocycles. The molecule has 0 fully saturated rings. The molecule has 1 aromatic carbocycles. The van der Waals surface area contributed by atoms with E-state index >= 15 is 0 Å². The Hall–Kier alpha value is -1.04. The molecule has 0 radical (unpaired) electrons. The molecule has 0 nitrogen and oxygen atoms in total. The Morgan fingerprint density at radius 1 is 1.42 bits per heavy atom. The largest absolute Gasteiger partial charge is 0.0839 e. The van der Waals surface area contributed by atoms with Crippen molar-refractivity contribution in [1.82, 2.24) is 0 Å². The van der Waals surface area contributed by atoms with Gasteiger partial charge in [0, 0.05) is 0 Å². The van der Waals surface area contributed by atoms with Crippen molar-refractivity contribution < 1.29 is 0 Å². The zero-order valence-electron chi connectivity index (χ0n) is 8.09. The molecule has 0 bridgehead atoms. The van der Waals surface area contributed by atoms with Gasteiger partial charge in [-0.15, -0.1) is 0 Å². The van der Waals surface area contributed by atoms with Crippen molar-refractivity contribution in [3.8, 4) is 0 Å². The molecule has 12 heavy (non-hydrogen) atoms. The molecule has 1 rings (SSSR count). The average molecular weight is 160 g/mol. The summed E-state index contributed by atoms with van der Waals surface area (Å²) in [7, 11) is 0. The lowest BCUT2D eigenvalue weighted by Crippen LogP contribution is -1.82. The molecule has 0 amide bonds. The van der Waals surface area contributed by atoms with Crippen LogP contribution in [0.15, 0.2) is 30.3 Å². The van der Waals surface area contributed by atoms with Gasteiger partial charge in [-0.05, 0) is 31.4 Å². The van der Waals surface area contributed by atoms with Gasteiger partial charge in [0.1, 0.15) is 0 Å². The second-order valence-electron chi connectivity index (χ2n) is 3.04. The molecule has 0 spiro atoms. The molecular formula is C12H16. The predicted molar refractivity (Wildman–Crippen MR) is 55.1 cm³/mol. The van der Waals surface area contributed by atoms with E-state index < -0.39 is 0 Å². The smallest absolute Gasteiger partial charge is 0.0225 e. The quantitative estimate of drug-likeness (QED) is 0.617. The Bertz CT molecular complexity index is 282. The van der Waals surface area contributed by atoms with Crippen LogP contribution in [-0.4, -0.2) is 0 Å². The van der Waals surface area contributed by atoms with Crippen molar-refractivity contribution in [1.29, 1.82) is 0 Å². The Balaban J connectivity index is 3.02. The molecule has 0 heteroatoms. The summed E-state index contributed by atoms with van der Waals surface area (Å²) >= 11 is 0. The van der Waals surface area contributed by atoms with Crippen LogP contribution in [0.3, 0.4) is 0 Å². The van der Waals surface area contributed by atoms with E-state index in [1.54, 1.807) is 0 Å². The van der Waals surface area contributed by atoms with Crippen molar-refractivity contribution in [2.45, 2.75) is 27.2 Å². The monoisotopic (exact) mass is 160 g/mol. The maximum atomic E-state index is 2.23. The Morgan fingerprint density at radius 2 is 2.17 bits per heavy atom. The fourth-order valence-corrected chi connectivity index (χ4v) is 1.42. The van der Waals surface area contributed by atoms with E-state index in [1.807, 2.05) is 0 Å². The van der Waals surface area contributed by atoms with E-state index in [-0.39, 0.29) is 0 Å². The molecule has 0 aromatic heterocycles. The molecular weight excluding hydrogens is 144 g/mol. The van der Waals surface area contributed by atoms with Gasteiger partial charge < -0.3 is 0 Å². The standard InChI is InChI=1S/C12H16/c1-4-11(5-2)12-8-6-7-10(3)9-12/h4,6-9H,5H2,1-3H3. The average Bonchev–Trinajstić information content (AvgIpc) is 2.07. The molecule has 64 valence electrons. The number of hydrogen-bond acceptors (Lipinski definition) is 0. The van der Waals surface area contributed by atoms with Gasteiger partial charge in [0.2, 0.25) is 0 Å². The Labute approximate surface area is 74.9 Å². The highest BCUT2D eigenvalue weighted by Crippen LogP contribution is 2.18. The summed E-state index contributed by atoms with van der Waals surface area (Å²) in [6, 6.07) is 8.65. The van der Waals surface area contributed by atoms with Crippen LogP contribution in [0.4, 0.5) is 0 Å². The minimum atomic E-state index is 1.11. The van der Waals surface area contributed by atoms with E-state index in [4.69, 9.17) is 0 Å². The Morgan fingerprint density at radius 3 is 2.67 bits per heavy atom. The van der Waals surface area contributed by atoms with Gasteiger partial charge in [0.25, 0.3) is 0 Å². The zero-order chi connectivity index (χ0) is 8.97. The van der Waals surface area contributed by atoms with Gasteiger partial charge in [-0.25, -0.2) is 0 Å². The fourth-order valence-electron chi connectivity index (χ4n) is 1.42. The third kappa shape index (κ3) is 1.97. The van der Waals surface area contributed by atoms with Gasteiger partial charge in [-0.2, -0.15) is 0 Å². The first-order chi connectivity index (χ1) is 5.77. The van der Waals surface area contributed by atoms with Gasteiger partial charge >= 0.3 is 0 Å². The van der Waals surface area contributed by atoms with Crippen molar-refractivity contribution in [3.05, 3.63) is 41.5 Å². The van der Waals surface area contributed by atoms with Crippen LogP contribution in [0.25, 0.3) is 5.57 Å². The summed E-state index contributed by atoms with van der Waals surface area (Å²) in [5.74, 6) is 0. The highest BCUT2D eigenvalue weighted by Gasteiger charge is 1.96. The first-order valence-electron chi connectivity index (χ1n) is 4.50. The molecule has 0 saturated heterocycles. The van der Waals surface area contributed by atoms with Gasteiger partial charge in [0.05, 0.1) is 0 Å². The number of allylic oxidation sites excluding steroid dienone is 2. The molecule has 0 heterocycles. The third-order valence-electron chi connectivity index (χ3n) is 2.12. The topological polar surface area (TPSA) is 0 Å². The number of hydrogen-bond donors (Lipinski definition) is 0. The van der Waals surface area contributed by atoms with Crippen molar-refractivity contribution >= 4 is 5.57 Å². The van der Waals surface area contributed by atoms with Crippen LogP contribution in [0.5, 0.6) is 0 Å². The van der Waals surface area contributed by atoms with Crippen LogP contribution in [0.1, 0.15) is 31.4 Å². The normalized spacial score (nSPS) is 11.8. The maximum absolute atomic E-state index is 2.23. The molecule has 0 aliphatic rings. The first-order valence-corrected chi connectivity index (χ1v) is 4.50. The fraction of sp³-hybridized carbons (Fsp3) is 0.333. The lowest BCUT2D eigenvalue weighted by molar-refractivity contribution is 1.23. The van der Waals surface area contributed by atoms with Gasteiger partial charge in [-0.1, -0.05) is 42.8 Å². The van der Waals surface area contributed by atoms with E-state index in [0.29, 0.717) is 0 Å². The lowest BCUT2D eigenvalue weighted by Gasteiger charge is -2.04. The number of aryl methyl sites for hydroxylation is 1. The van der Waals surface area contributed by atoms with Crippen LogP contribution in [-0.2, 0) is 0 Å². The van der Waals surface area contributed by atoms with Crippen molar-refractivity contribution in [2.75, 3.05) is 0 Å².